The molecule has 0 saturated heterocycles. The van der Waals surface area contributed by atoms with Gasteiger partial charge >= 0.3 is 0 Å². The Hall–Kier alpha value is -0.0800. The molecule has 0 aliphatic heterocycles. The van der Waals surface area contributed by atoms with Crippen molar-refractivity contribution in [3.63, 3.8) is 0 Å². The Kier molecular flexibility index (Phi) is 3.91. The first kappa shape index (κ1) is 9.92. The van der Waals surface area contributed by atoms with Crippen LogP contribution in [0.4, 0.5) is 0 Å². The number of hydrogen-bond acceptors (Lipinski definition) is 2. The molecule has 0 aromatic carbocycles. The van der Waals surface area contributed by atoms with Crippen molar-refractivity contribution >= 4 is 0 Å². The van der Waals surface area contributed by atoms with E-state index in [1.165, 1.54) is 0 Å². The quantitative estimate of drug-likeness (QED) is 0.601. The van der Waals surface area contributed by atoms with E-state index in [2.05, 4.69) is 20.8 Å². The molecular weight excluding hydrogens is 128 g/mol. The van der Waals surface area contributed by atoms with E-state index in [-0.39, 0.29) is 5.60 Å². The van der Waals surface area contributed by atoms with Crippen LogP contribution < -0.4 is 0 Å². The summed E-state index contributed by atoms with van der Waals surface area (Å²) in [4.78, 5) is 0. The molecule has 0 aromatic heterocycles. The zero-order valence-corrected chi connectivity index (χ0v) is 7.60. The molecule has 1 atom stereocenters. The van der Waals surface area contributed by atoms with Crippen LogP contribution in [-0.2, 0) is 9.47 Å². The van der Waals surface area contributed by atoms with E-state index in [1.54, 1.807) is 14.2 Å². The van der Waals surface area contributed by atoms with Crippen molar-refractivity contribution in [3.8, 4) is 0 Å². The van der Waals surface area contributed by atoms with Crippen LogP contribution in [0.15, 0.2) is 0 Å². The van der Waals surface area contributed by atoms with Crippen molar-refractivity contribution in [3.05, 3.63) is 0 Å². The van der Waals surface area contributed by atoms with E-state index < -0.39 is 0 Å². The lowest BCUT2D eigenvalue weighted by Crippen LogP contribution is -2.38. The third kappa shape index (κ3) is 2.27. The molecule has 0 spiro atoms. The molecule has 0 aliphatic rings. The maximum absolute atomic E-state index is 5.31. The van der Waals surface area contributed by atoms with Gasteiger partial charge in [0.15, 0.2) is 0 Å². The average molecular weight is 146 g/mol. The van der Waals surface area contributed by atoms with Gasteiger partial charge in [-0.2, -0.15) is 0 Å². The molecule has 62 valence electrons. The van der Waals surface area contributed by atoms with E-state index in [1.807, 2.05) is 0 Å². The normalized spacial score (nSPS) is 17.4. The largest absolute Gasteiger partial charge is 0.382 e. The van der Waals surface area contributed by atoms with Gasteiger partial charge in [0, 0.05) is 14.2 Å². The summed E-state index contributed by atoms with van der Waals surface area (Å²) >= 11 is 0. The minimum Gasteiger partial charge on any atom is -0.382 e. The van der Waals surface area contributed by atoms with Crippen LogP contribution in [0.2, 0.25) is 0 Å². The average Bonchev–Trinajstić information content (AvgIpc) is 1.88. The third-order valence-electron chi connectivity index (χ3n) is 2.12. The lowest BCUT2D eigenvalue weighted by Gasteiger charge is -2.31. The molecular formula is C8H18O2. The van der Waals surface area contributed by atoms with Crippen LogP contribution >= 0.6 is 0 Å². The van der Waals surface area contributed by atoms with Gasteiger partial charge < -0.3 is 9.47 Å². The Morgan fingerprint density at radius 1 is 1.30 bits per heavy atom. The molecule has 0 aliphatic carbocycles. The van der Waals surface area contributed by atoms with Crippen molar-refractivity contribution in [1.29, 1.82) is 0 Å². The van der Waals surface area contributed by atoms with Gasteiger partial charge in [-0.15, -0.1) is 0 Å². The minimum atomic E-state index is -0.130. The zero-order valence-electron chi connectivity index (χ0n) is 7.60. The monoisotopic (exact) mass is 146 g/mol. The molecule has 0 rings (SSSR count). The summed E-state index contributed by atoms with van der Waals surface area (Å²) in [5.74, 6) is 0.484. The molecule has 2 nitrogen and oxygen atoms in total. The van der Waals surface area contributed by atoms with Gasteiger partial charge in [-0.25, -0.2) is 0 Å². The molecule has 2 heteroatoms. The van der Waals surface area contributed by atoms with E-state index in [0.717, 1.165) is 0 Å². The van der Waals surface area contributed by atoms with Crippen LogP contribution in [-0.4, -0.2) is 26.4 Å². The highest BCUT2D eigenvalue weighted by Crippen LogP contribution is 2.20. The number of rotatable bonds is 4. The number of hydrogen-bond donors (Lipinski definition) is 0. The summed E-state index contributed by atoms with van der Waals surface area (Å²) in [6.07, 6.45) is 0. The second kappa shape index (κ2) is 3.94. The summed E-state index contributed by atoms with van der Waals surface area (Å²) in [5.41, 5.74) is -0.130. The summed E-state index contributed by atoms with van der Waals surface area (Å²) in [6.45, 7) is 6.97. The molecule has 0 fully saturated rings. The lowest BCUT2D eigenvalue weighted by molar-refractivity contribution is -0.0806. The smallest absolute Gasteiger partial charge is 0.0905 e. The summed E-state index contributed by atoms with van der Waals surface area (Å²) in [5, 5.41) is 0. The van der Waals surface area contributed by atoms with Gasteiger partial charge in [0.25, 0.3) is 0 Å². The molecule has 0 saturated carbocycles. The first-order chi connectivity index (χ1) is 4.56. The zero-order chi connectivity index (χ0) is 8.20. The molecule has 0 N–H and O–H groups in total. The van der Waals surface area contributed by atoms with E-state index >= 15 is 0 Å². The van der Waals surface area contributed by atoms with Crippen molar-refractivity contribution in [2.45, 2.75) is 26.4 Å². The van der Waals surface area contributed by atoms with Gasteiger partial charge in [-0.1, -0.05) is 13.8 Å². The number of ether oxygens (including phenoxy) is 2. The Labute approximate surface area is 63.5 Å². The van der Waals surface area contributed by atoms with Crippen LogP contribution in [0.3, 0.4) is 0 Å². The summed E-state index contributed by atoms with van der Waals surface area (Å²) in [7, 11) is 3.42. The van der Waals surface area contributed by atoms with Gasteiger partial charge in [0.2, 0.25) is 0 Å². The predicted molar refractivity (Wildman–Crippen MR) is 42.1 cm³/mol. The lowest BCUT2D eigenvalue weighted by atomic mass is 9.93. The Morgan fingerprint density at radius 3 is 1.90 bits per heavy atom. The first-order valence-corrected chi connectivity index (χ1v) is 3.61. The predicted octanol–water partition coefficient (Wildman–Crippen LogP) is 1.69. The Morgan fingerprint density at radius 2 is 1.80 bits per heavy atom. The fourth-order valence-electron chi connectivity index (χ4n) is 0.748. The van der Waals surface area contributed by atoms with E-state index in [0.29, 0.717) is 12.5 Å². The van der Waals surface area contributed by atoms with Gasteiger partial charge in [-0.3, -0.25) is 0 Å². The highest BCUT2D eigenvalue weighted by molar-refractivity contribution is 4.77. The van der Waals surface area contributed by atoms with Gasteiger partial charge in [0.05, 0.1) is 12.2 Å². The Balaban J connectivity index is 3.94. The van der Waals surface area contributed by atoms with Crippen molar-refractivity contribution in [2.24, 2.45) is 5.92 Å². The van der Waals surface area contributed by atoms with Crippen molar-refractivity contribution in [2.75, 3.05) is 20.8 Å². The van der Waals surface area contributed by atoms with Gasteiger partial charge in [0.1, 0.15) is 0 Å². The highest BCUT2D eigenvalue weighted by atomic mass is 16.5. The fourth-order valence-corrected chi connectivity index (χ4v) is 0.748. The molecule has 0 heterocycles. The second-order valence-electron chi connectivity index (χ2n) is 3.10. The SMILES string of the molecule is COCC(C)(OC)C(C)C. The van der Waals surface area contributed by atoms with E-state index in [4.69, 9.17) is 9.47 Å². The molecule has 1 unspecified atom stereocenters. The highest BCUT2D eigenvalue weighted by Gasteiger charge is 2.27. The van der Waals surface area contributed by atoms with Crippen LogP contribution in [0.5, 0.6) is 0 Å². The Bertz CT molecular complexity index is 91.3. The maximum atomic E-state index is 5.31. The summed E-state index contributed by atoms with van der Waals surface area (Å²) < 4.78 is 10.3. The fraction of sp³-hybridized carbons (Fsp3) is 1.00. The van der Waals surface area contributed by atoms with Crippen molar-refractivity contribution < 1.29 is 9.47 Å². The van der Waals surface area contributed by atoms with E-state index in [9.17, 15) is 0 Å². The molecule has 0 amide bonds. The standard InChI is InChI=1S/C8H18O2/c1-7(2)8(3,10-5)6-9-4/h7H,6H2,1-5H3. The van der Waals surface area contributed by atoms with Crippen LogP contribution in [0, 0.1) is 5.92 Å². The first-order valence-electron chi connectivity index (χ1n) is 3.61. The van der Waals surface area contributed by atoms with Crippen molar-refractivity contribution in [1.82, 2.24) is 0 Å². The maximum Gasteiger partial charge on any atom is 0.0905 e. The van der Waals surface area contributed by atoms with Crippen LogP contribution in [0.25, 0.3) is 0 Å². The van der Waals surface area contributed by atoms with Crippen LogP contribution in [0.1, 0.15) is 20.8 Å². The molecule has 0 bridgehead atoms. The third-order valence-corrected chi connectivity index (χ3v) is 2.12. The minimum absolute atomic E-state index is 0.130. The molecule has 0 radical (unpaired) electrons. The van der Waals surface area contributed by atoms with Gasteiger partial charge in [-0.05, 0) is 12.8 Å². The topological polar surface area (TPSA) is 18.5 Å². The summed E-state index contributed by atoms with van der Waals surface area (Å²) in [6, 6.07) is 0. The number of methoxy groups -OCH3 is 2. The molecule has 0 aromatic rings. The molecule has 10 heavy (non-hydrogen) atoms. The second-order valence-corrected chi connectivity index (χ2v) is 3.10.